The fraction of sp³-hybridized carbons (Fsp3) is 0.333. The molecule has 1 aliphatic heterocycles. The summed E-state index contributed by atoms with van der Waals surface area (Å²) in [6.45, 7) is 6.48. The molecular formula is C21H26N2. The molecule has 2 nitrogen and oxygen atoms in total. The normalized spacial score (nSPS) is 18.6. The van der Waals surface area contributed by atoms with Crippen molar-refractivity contribution in [3.8, 4) is 0 Å². The maximum Gasteiger partial charge on any atom is 0.0433 e. The second-order valence-electron chi connectivity index (χ2n) is 6.22. The van der Waals surface area contributed by atoms with Gasteiger partial charge in [0.2, 0.25) is 0 Å². The predicted molar refractivity (Wildman–Crippen MR) is 98.7 cm³/mol. The minimum atomic E-state index is 0.586. The Kier molecular flexibility index (Phi) is 5.49. The van der Waals surface area contributed by atoms with E-state index in [-0.39, 0.29) is 0 Å². The van der Waals surface area contributed by atoms with Crippen molar-refractivity contribution < 1.29 is 0 Å². The van der Waals surface area contributed by atoms with Crippen molar-refractivity contribution in [2.24, 2.45) is 0 Å². The molecule has 3 rings (SSSR count). The molecule has 2 aromatic carbocycles. The van der Waals surface area contributed by atoms with E-state index in [0.717, 1.165) is 19.6 Å². The van der Waals surface area contributed by atoms with Crippen LogP contribution in [0.5, 0.6) is 0 Å². The lowest BCUT2D eigenvalue weighted by molar-refractivity contribution is 0.368. The summed E-state index contributed by atoms with van der Waals surface area (Å²) in [5, 5.41) is 0. The number of rotatable bonds is 6. The van der Waals surface area contributed by atoms with Crippen LogP contribution in [-0.2, 0) is 6.54 Å². The van der Waals surface area contributed by atoms with Gasteiger partial charge in [-0.2, -0.15) is 0 Å². The number of para-hydroxylation sites is 1. The Balaban J connectivity index is 1.76. The fourth-order valence-electron chi connectivity index (χ4n) is 3.32. The van der Waals surface area contributed by atoms with Crippen LogP contribution in [-0.4, -0.2) is 30.6 Å². The molecule has 120 valence electrons. The first-order valence-electron chi connectivity index (χ1n) is 8.56. The number of anilines is 1. The first-order chi connectivity index (χ1) is 11.4. The Morgan fingerprint density at radius 3 is 2.43 bits per heavy atom. The highest BCUT2D eigenvalue weighted by molar-refractivity contribution is 5.48. The van der Waals surface area contributed by atoms with Crippen molar-refractivity contribution in [1.29, 1.82) is 0 Å². The van der Waals surface area contributed by atoms with Crippen LogP contribution in [0.3, 0.4) is 0 Å². The molecule has 0 bridgehead atoms. The average molecular weight is 306 g/mol. The number of hydrogen-bond acceptors (Lipinski definition) is 2. The molecule has 0 radical (unpaired) electrons. The lowest BCUT2D eigenvalue weighted by Gasteiger charge is -2.31. The van der Waals surface area contributed by atoms with Crippen LogP contribution in [0.2, 0.25) is 0 Å². The van der Waals surface area contributed by atoms with Crippen molar-refractivity contribution in [2.45, 2.75) is 25.9 Å². The molecular weight excluding hydrogens is 280 g/mol. The zero-order chi connectivity index (χ0) is 15.9. The monoisotopic (exact) mass is 306 g/mol. The van der Waals surface area contributed by atoms with E-state index in [9.17, 15) is 0 Å². The van der Waals surface area contributed by atoms with E-state index >= 15 is 0 Å². The van der Waals surface area contributed by atoms with E-state index in [1.807, 2.05) is 0 Å². The van der Waals surface area contributed by atoms with Crippen LogP contribution in [0, 0.1) is 0 Å². The van der Waals surface area contributed by atoms with Crippen LogP contribution in [0.4, 0.5) is 5.69 Å². The number of allylic oxidation sites excluding steroid dienone is 1. The van der Waals surface area contributed by atoms with Crippen LogP contribution in [0.25, 0.3) is 0 Å². The molecule has 1 heterocycles. The standard InChI is InChI=1S/C21H26N2/c1-2-3-15-22-16-14-21(18-22)23(20-12-8-5-9-13-20)17-19-10-6-4-7-11-19/h2-13,21H,14-18H2,1H3/b3-2+. The van der Waals surface area contributed by atoms with Crippen LogP contribution in [0.15, 0.2) is 72.8 Å². The van der Waals surface area contributed by atoms with Crippen molar-refractivity contribution in [1.82, 2.24) is 4.90 Å². The number of likely N-dealkylation sites (tertiary alicyclic amines) is 1. The van der Waals surface area contributed by atoms with Gasteiger partial charge in [0.25, 0.3) is 0 Å². The molecule has 23 heavy (non-hydrogen) atoms. The van der Waals surface area contributed by atoms with Crippen LogP contribution in [0.1, 0.15) is 18.9 Å². The molecule has 0 amide bonds. The number of hydrogen-bond donors (Lipinski definition) is 0. The molecule has 0 spiro atoms. The molecule has 1 unspecified atom stereocenters. The minimum Gasteiger partial charge on any atom is -0.363 e. The smallest absolute Gasteiger partial charge is 0.0433 e. The van der Waals surface area contributed by atoms with Crippen LogP contribution < -0.4 is 4.90 Å². The second-order valence-corrected chi connectivity index (χ2v) is 6.22. The van der Waals surface area contributed by atoms with Gasteiger partial charge in [0.15, 0.2) is 0 Å². The third kappa shape index (κ3) is 4.23. The summed E-state index contributed by atoms with van der Waals surface area (Å²) in [6, 6.07) is 22.2. The van der Waals surface area contributed by atoms with E-state index < -0.39 is 0 Å². The third-order valence-electron chi connectivity index (χ3n) is 4.57. The summed E-state index contributed by atoms with van der Waals surface area (Å²) >= 11 is 0. The van der Waals surface area contributed by atoms with Gasteiger partial charge < -0.3 is 4.90 Å². The maximum atomic E-state index is 2.57. The first kappa shape index (κ1) is 15.8. The molecule has 0 saturated carbocycles. The van der Waals surface area contributed by atoms with E-state index in [1.54, 1.807) is 0 Å². The van der Waals surface area contributed by atoms with Crippen molar-refractivity contribution in [2.75, 3.05) is 24.5 Å². The molecule has 1 saturated heterocycles. The second kappa shape index (κ2) is 7.98. The van der Waals surface area contributed by atoms with Crippen LogP contribution >= 0.6 is 0 Å². The number of benzene rings is 2. The van der Waals surface area contributed by atoms with Gasteiger partial charge in [-0.15, -0.1) is 0 Å². The van der Waals surface area contributed by atoms with Gasteiger partial charge in [-0.1, -0.05) is 60.7 Å². The van der Waals surface area contributed by atoms with E-state index in [0.29, 0.717) is 6.04 Å². The van der Waals surface area contributed by atoms with Gasteiger partial charge in [-0.05, 0) is 31.0 Å². The molecule has 1 atom stereocenters. The van der Waals surface area contributed by atoms with Gasteiger partial charge in [0.05, 0.1) is 0 Å². The summed E-state index contributed by atoms with van der Waals surface area (Å²) in [7, 11) is 0. The summed E-state index contributed by atoms with van der Waals surface area (Å²) in [4.78, 5) is 5.12. The molecule has 0 N–H and O–H groups in total. The molecule has 1 fully saturated rings. The summed E-state index contributed by atoms with van der Waals surface area (Å²) in [5.74, 6) is 0. The lowest BCUT2D eigenvalue weighted by Crippen LogP contribution is -2.37. The van der Waals surface area contributed by atoms with Gasteiger partial charge >= 0.3 is 0 Å². The van der Waals surface area contributed by atoms with Gasteiger partial charge in [-0.3, -0.25) is 4.90 Å². The summed E-state index contributed by atoms with van der Waals surface area (Å²) < 4.78 is 0. The Morgan fingerprint density at radius 2 is 1.74 bits per heavy atom. The Morgan fingerprint density at radius 1 is 1.04 bits per heavy atom. The Labute approximate surface area is 140 Å². The molecule has 2 heteroatoms. The van der Waals surface area contributed by atoms with Gasteiger partial charge in [0.1, 0.15) is 0 Å². The highest BCUT2D eigenvalue weighted by Crippen LogP contribution is 2.25. The number of nitrogens with zero attached hydrogens (tertiary/aromatic N) is 2. The van der Waals surface area contributed by atoms with Crippen molar-refractivity contribution in [3.05, 3.63) is 78.4 Å². The zero-order valence-corrected chi connectivity index (χ0v) is 13.9. The van der Waals surface area contributed by atoms with Crippen molar-refractivity contribution >= 4 is 5.69 Å². The topological polar surface area (TPSA) is 6.48 Å². The molecule has 2 aromatic rings. The van der Waals surface area contributed by atoms with Gasteiger partial charge in [-0.25, -0.2) is 0 Å². The lowest BCUT2D eigenvalue weighted by atomic mass is 10.1. The molecule has 0 aromatic heterocycles. The average Bonchev–Trinajstić information content (AvgIpc) is 3.08. The Bertz CT molecular complexity index is 606. The maximum absolute atomic E-state index is 2.57. The minimum absolute atomic E-state index is 0.586. The predicted octanol–water partition coefficient (Wildman–Crippen LogP) is 4.34. The zero-order valence-electron chi connectivity index (χ0n) is 13.9. The fourth-order valence-corrected chi connectivity index (χ4v) is 3.32. The SMILES string of the molecule is C/C=C/CN1CCC(N(Cc2ccccc2)c2ccccc2)C1. The van der Waals surface area contributed by atoms with Crippen molar-refractivity contribution in [3.63, 3.8) is 0 Å². The first-order valence-corrected chi connectivity index (χ1v) is 8.56. The molecule has 1 aliphatic rings. The highest BCUT2D eigenvalue weighted by atomic mass is 15.3. The van der Waals surface area contributed by atoms with E-state index in [1.165, 1.54) is 24.2 Å². The highest BCUT2D eigenvalue weighted by Gasteiger charge is 2.27. The van der Waals surface area contributed by atoms with E-state index in [4.69, 9.17) is 0 Å². The third-order valence-corrected chi connectivity index (χ3v) is 4.57. The summed E-state index contributed by atoms with van der Waals surface area (Å²) in [5.41, 5.74) is 2.71. The van der Waals surface area contributed by atoms with E-state index in [2.05, 4.69) is 89.5 Å². The quantitative estimate of drug-likeness (QED) is 0.732. The molecule has 0 aliphatic carbocycles. The van der Waals surface area contributed by atoms with Gasteiger partial charge in [0, 0.05) is 37.9 Å². The summed E-state index contributed by atoms with van der Waals surface area (Å²) in [6.07, 6.45) is 5.64. The Hall–Kier alpha value is -2.06. The largest absolute Gasteiger partial charge is 0.363 e.